The van der Waals surface area contributed by atoms with Crippen LogP contribution in [0.4, 0.5) is 5.82 Å². The van der Waals surface area contributed by atoms with Crippen molar-refractivity contribution in [3.8, 4) is 17.3 Å². The normalized spacial score (nSPS) is 9.64. The molecule has 0 radical (unpaired) electrons. The topological polar surface area (TPSA) is 78.5 Å². The molecule has 2 aromatic rings. The van der Waals surface area contributed by atoms with Crippen molar-refractivity contribution in [3.05, 3.63) is 35.9 Å². The predicted octanol–water partition coefficient (Wildman–Crippen LogP) is 1.53. The SMILES string of the molecule is N#Cc1cccc(-c2cc(N)[nH]n2)c1. The van der Waals surface area contributed by atoms with E-state index in [1.165, 1.54) is 0 Å². The number of anilines is 1. The Kier molecular flexibility index (Phi) is 1.92. The minimum absolute atomic E-state index is 0.516. The summed E-state index contributed by atoms with van der Waals surface area (Å²) >= 11 is 0. The Balaban J connectivity index is 2.47. The summed E-state index contributed by atoms with van der Waals surface area (Å²) in [5, 5.41) is 15.4. The first-order valence-corrected chi connectivity index (χ1v) is 4.11. The molecule has 0 fully saturated rings. The van der Waals surface area contributed by atoms with Gasteiger partial charge in [-0.15, -0.1) is 0 Å². The average Bonchev–Trinajstić information content (AvgIpc) is 2.65. The van der Waals surface area contributed by atoms with Gasteiger partial charge in [0.2, 0.25) is 0 Å². The number of nitrogen functional groups attached to an aromatic ring is 1. The second kappa shape index (κ2) is 3.23. The fourth-order valence-electron chi connectivity index (χ4n) is 1.23. The molecule has 3 N–H and O–H groups in total. The Morgan fingerprint density at radius 1 is 1.36 bits per heavy atom. The lowest BCUT2D eigenvalue weighted by Crippen LogP contribution is -1.81. The summed E-state index contributed by atoms with van der Waals surface area (Å²) in [7, 11) is 0. The number of benzene rings is 1. The third-order valence-electron chi connectivity index (χ3n) is 1.89. The Morgan fingerprint density at radius 3 is 2.86 bits per heavy atom. The van der Waals surface area contributed by atoms with Crippen molar-refractivity contribution in [2.45, 2.75) is 0 Å². The standard InChI is InChI=1S/C10H8N4/c11-6-7-2-1-3-8(4-7)9-5-10(12)14-13-9/h1-5H,(H3,12,13,14). The van der Waals surface area contributed by atoms with Gasteiger partial charge in [0.05, 0.1) is 17.3 Å². The number of nitrogens with two attached hydrogens (primary N) is 1. The largest absolute Gasteiger partial charge is 0.384 e. The zero-order chi connectivity index (χ0) is 9.97. The molecule has 0 saturated carbocycles. The minimum Gasteiger partial charge on any atom is -0.384 e. The second-order valence-corrected chi connectivity index (χ2v) is 2.90. The Morgan fingerprint density at radius 2 is 2.21 bits per heavy atom. The third-order valence-corrected chi connectivity index (χ3v) is 1.89. The van der Waals surface area contributed by atoms with E-state index in [4.69, 9.17) is 11.0 Å². The van der Waals surface area contributed by atoms with E-state index in [-0.39, 0.29) is 0 Å². The fraction of sp³-hybridized carbons (Fsp3) is 0. The number of nitrogens with one attached hydrogen (secondary N) is 1. The number of aromatic nitrogens is 2. The molecule has 0 atom stereocenters. The maximum Gasteiger partial charge on any atom is 0.119 e. The van der Waals surface area contributed by atoms with Gasteiger partial charge in [-0.05, 0) is 12.1 Å². The van der Waals surface area contributed by atoms with Crippen molar-refractivity contribution in [3.63, 3.8) is 0 Å². The molecular weight excluding hydrogens is 176 g/mol. The predicted molar refractivity (Wildman–Crippen MR) is 53.2 cm³/mol. The quantitative estimate of drug-likeness (QED) is 0.705. The van der Waals surface area contributed by atoms with Gasteiger partial charge in [-0.3, -0.25) is 5.10 Å². The van der Waals surface area contributed by atoms with Crippen LogP contribution >= 0.6 is 0 Å². The van der Waals surface area contributed by atoms with Crippen molar-refractivity contribution in [1.29, 1.82) is 5.26 Å². The highest BCUT2D eigenvalue weighted by atomic mass is 15.2. The van der Waals surface area contributed by atoms with E-state index < -0.39 is 0 Å². The van der Waals surface area contributed by atoms with Crippen LogP contribution in [0.3, 0.4) is 0 Å². The van der Waals surface area contributed by atoms with Crippen molar-refractivity contribution in [2.75, 3.05) is 5.73 Å². The number of hydrogen-bond donors (Lipinski definition) is 2. The molecule has 1 heterocycles. The van der Waals surface area contributed by atoms with Crippen LogP contribution in [-0.4, -0.2) is 10.2 Å². The molecule has 4 heteroatoms. The first-order chi connectivity index (χ1) is 6.79. The summed E-state index contributed by atoms with van der Waals surface area (Å²) in [5.41, 5.74) is 7.75. The second-order valence-electron chi connectivity index (χ2n) is 2.90. The van der Waals surface area contributed by atoms with Crippen LogP contribution in [-0.2, 0) is 0 Å². The summed E-state index contributed by atoms with van der Waals surface area (Å²) in [4.78, 5) is 0. The van der Waals surface area contributed by atoms with Crippen LogP contribution in [0.2, 0.25) is 0 Å². The summed E-state index contributed by atoms with van der Waals surface area (Å²) in [6.07, 6.45) is 0. The number of hydrogen-bond acceptors (Lipinski definition) is 3. The van der Waals surface area contributed by atoms with Crippen LogP contribution < -0.4 is 5.73 Å². The Bertz CT molecular complexity index is 493. The van der Waals surface area contributed by atoms with Gasteiger partial charge in [-0.1, -0.05) is 12.1 Å². The minimum atomic E-state index is 0.516. The van der Waals surface area contributed by atoms with Crippen molar-refractivity contribution in [1.82, 2.24) is 10.2 Å². The van der Waals surface area contributed by atoms with Gasteiger partial charge in [-0.2, -0.15) is 10.4 Å². The molecule has 0 aliphatic heterocycles. The van der Waals surface area contributed by atoms with Gasteiger partial charge < -0.3 is 5.73 Å². The molecule has 0 spiro atoms. The summed E-state index contributed by atoms with van der Waals surface area (Å²) in [5.74, 6) is 0.516. The van der Waals surface area contributed by atoms with Gasteiger partial charge in [0.1, 0.15) is 5.82 Å². The molecular formula is C10H8N4. The zero-order valence-corrected chi connectivity index (χ0v) is 7.36. The van der Waals surface area contributed by atoms with Crippen molar-refractivity contribution >= 4 is 5.82 Å². The van der Waals surface area contributed by atoms with Crippen LogP contribution in [0.5, 0.6) is 0 Å². The fourth-order valence-corrected chi connectivity index (χ4v) is 1.23. The molecule has 68 valence electrons. The highest BCUT2D eigenvalue weighted by molar-refractivity contribution is 5.63. The zero-order valence-electron chi connectivity index (χ0n) is 7.36. The molecule has 0 unspecified atom stereocenters. The van der Waals surface area contributed by atoms with Crippen LogP contribution in [0.1, 0.15) is 5.56 Å². The van der Waals surface area contributed by atoms with E-state index in [0.717, 1.165) is 11.3 Å². The molecule has 14 heavy (non-hydrogen) atoms. The van der Waals surface area contributed by atoms with Crippen molar-refractivity contribution in [2.24, 2.45) is 0 Å². The lowest BCUT2D eigenvalue weighted by Gasteiger charge is -1.95. The van der Waals surface area contributed by atoms with Gasteiger partial charge in [-0.25, -0.2) is 0 Å². The monoisotopic (exact) mass is 184 g/mol. The van der Waals surface area contributed by atoms with Crippen LogP contribution in [0, 0.1) is 11.3 Å². The summed E-state index contributed by atoms with van der Waals surface area (Å²) in [6, 6.07) is 11.0. The number of rotatable bonds is 1. The van der Waals surface area contributed by atoms with Crippen LogP contribution in [0.25, 0.3) is 11.3 Å². The van der Waals surface area contributed by atoms with Gasteiger partial charge in [0.25, 0.3) is 0 Å². The third kappa shape index (κ3) is 1.43. The molecule has 4 nitrogen and oxygen atoms in total. The maximum absolute atomic E-state index is 8.71. The summed E-state index contributed by atoms with van der Waals surface area (Å²) < 4.78 is 0. The lowest BCUT2D eigenvalue weighted by molar-refractivity contribution is 1.10. The first-order valence-electron chi connectivity index (χ1n) is 4.11. The Labute approximate surface area is 81.0 Å². The summed E-state index contributed by atoms with van der Waals surface area (Å²) in [6.45, 7) is 0. The highest BCUT2D eigenvalue weighted by Crippen LogP contribution is 2.19. The molecule has 0 amide bonds. The lowest BCUT2D eigenvalue weighted by atomic mass is 10.1. The molecule has 2 rings (SSSR count). The van der Waals surface area contributed by atoms with E-state index in [2.05, 4.69) is 16.3 Å². The van der Waals surface area contributed by atoms with E-state index in [1.54, 1.807) is 18.2 Å². The highest BCUT2D eigenvalue weighted by Gasteiger charge is 2.02. The molecule has 1 aromatic heterocycles. The Hall–Kier alpha value is -2.28. The van der Waals surface area contributed by atoms with E-state index in [0.29, 0.717) is 11.4 Å². The number of aromatic amines is 1. The first kappa shape index (κ1) is 8.32. The van der Waals surface area contributed by atoms with Gasteiger partial charge >= 0.3 is 0 Å². The van der Waals surface area contributed by atoms with Gasteiger partial charge in [0.15, 0.2) is 0 Å². The molecule has 0 bridgehead atoms. The van der Waals surface area contributed by atoms with E-state index >= 15 is 0 Å². The smallest absolute Gasteiger partial charge is 0.119 e. The number of nitrogens with zero attached hydrogens (tertiary/aromatic N) is 2. The molecule has 0 aliphatic carbocycles. The molecule has 0 aliphatic rings. The average molecular weight is 184 g/mol. The van der Waals surface area contributed by atoms with Gasteiger partial charge in [0, 0.05) is 11.6 Å². The van der Waals surface area contributed by atoms with E-state index in [9.17, 15) is 0 Å². The number of H-pyrrole nitrogens is 1. The number of nitriles is 1. The van der Waals surface area contributed by atoms with Crippen LogP contribution in [0.15, 0.2) is 30.3 Å². The molecule has 0 saturated heterocycles. The van der Waals surface area contributed by atoms with Crippen molar-refractivity contribution < 1.29 is 0 Å². The molecule has 1 aromatic carbocycles. The maximum atomic E-state index is 8.71. The van der Waals surface area contributed by atoms with E-state index in [1.807, 2.05) is 12.1 Å².